The van der Waals surface area contributed by atoms with Gasteiger partial charge in [-0.15, -0.1) is 0 Å². The van der Waals surface area contributed by atoms with Gasteiger partial charge in [0, 0.05) is 35.3 Å². The van der Waals surface area contributed by atoms with E-state index < -0.39 is 11.6 Å². The lowest BCUT2D eigenvalue weighted by atomic mass is 9.94. The Morgan fingerprint density at radius 2 is 2.00 bits per heavy atom. The van der Waals surface area contributed by atoms with Gasteiger partial charge in [0.1, 0.15) is 11.6 Å². The summed E-state index contributed by atoms with van der Waals surface area (Å²) in [5.74, 6) is -0.677. The van der Waals surface area contributed by atoms with Crippen LogP contribution in [-0.4, -0.2) is 9.55 Å². The van der Waals surface area contributed by atoms with Crippen molar-refractivity contribution in [2.45, 2.75) is 31.2 Å². The molecule has 1 aliphatic heterocycles. The van der Waals surface area contributed by atoms with Gasteiger partial charge in [0.2, 0.25) is 0 Å². The molecule has 0 unspecified atom stereocenters. The number of hydrogen-bond acceptors (Lipinski definition) is 1. The molecule has 0 amide bonds. The number of rotatable bonds is 1. The second-order valence-electron chi connectivity index (χ2n) is 5.60. The molecule has 2 heterocycles. The predicted molar refractivity (Wildman–Crippen MR) is 69.7 cm³/mol. The van der Waals surface area contributed by atoms with Crippen LogP contribution in [0.3, 0.4) is 0 Å². The molecule has 2 aromatic rings. The predicted octanol–water partition coefficient (Wildman–Crippen LogP) is 3.57. The van der Waals surface area contributed by atoms with Gasteiger partial charge < -0.3 is 9.55 Å². The zero-order valence-electron chi connectivity index (χ0n) is 10.3. The molecule has 1 saturated carbocycles. The number of hydrogen-bond donors (Lipinski definition) is 1. The quantitative estimate of drug-likeness (QED) is 0.791. The van der Waals surface area contributed by atoms with E-state index in [1.54, 1.807) is 0 Å². The molecule has 0 radical (unpaired) electrons. The summed E-state index contributed by atoms with van der Waals surface area (Å²) in [7, 11) is 0. The molecule has 1 aromatic carbocycles. The molecule has 1 fully saturated rings. The Balaban J connectivity index is 1.85. The first-order valence-corrected chi connectivity index (χ1v) is 6.68. The lowest BCUT2D eigenvalue weighted by Crippen LogP contribution is -2.13. The highest BCUT2D eigenvalue weighted by atomic mass is 32.1. The third-order valence-corrected chi connectivity index (χ3v) is 4.82. The van der Waals surface area contributed by atoms with Crippen LogP contribution >= 0.6 is 12.2 Å². The topological polar surface area (TPSA) is 20.7 Å². The van der Waals surface area contributed by atoms with E-state index in [0.29, 0.717) is 10.7 Å². The molecule has 98 valence electrons. The van der Waals surface area contributed by atoms with Crippen molar-refractivity contribution in [3.05, 3.63) is 51.6 Å². The van der Waals surface area contributed by atoms with Crippen LogP contribution in [0.25, 0.3) is 0 Å². The largest absolute Gasteiger partial charge is 0.335 e. The van der Waals surface area contributed by atoms with Crippen molar-refractivity contribution >= 4 is 12.2 Å². The van der Waals surface area contributed by atoms with Crippen LogP contribution in [0.15, 0.2) is 18.2 Å². The molecular weight excluding hydrogens is 266 g/mol. The highest BCUT2D eigenvalue weighted by molar-refractivity contribution is 7.71. The third kappa shape index (κ3) is 1.36. The molecule has 19 heavy (non-hydrogen) atoms. The van der Waals surface area contributed by atoms with Crippen molar-refractivity contribution in [2.75, 3.05) is 0 Å². The van der Waals surface area contributed by atoms with Crippen LogP contribution in [-0.2, 0) is 12.0 Å². The lowest BCUT2D eigenvalue weighted by molar-refractivity contribution is 0.548. The highest BCUT2D eigenvalue weighted by Gasteiger charge is 2.62. The van der Waals surface area contributed by atoms with Gasteiger partial charge in [-0.1, -0.05) is 0 Å². The van der Waals surface area contributed by atoms with Crippen LogP contribution in [0.1, 0.15) is 29.3 Å². The van der Waals surface area contributed by atoms with E-state index in [2.05, 4.69) is 9.55 Å². The van der Waals surface area contributed by atoms with E-state index in [4.69, 9.17) is 12.2 Å². The average molecular weight is 278 g/mol. The molecule has 2 aliphatic rings. The van der Waals surface area contributed by atoms with Crippen molar-refractivity contribution in [3.63, 3.8) is 0 Å². The summed E-state index contributed by atoms with van der Waals surface area (Å²) in [5.41, 5.74) is 2.89. The molecule has 2 atom stereocenters. The molecule has 0 saturated heterocycles. The zero-order valence-corrected chi connectivity index (χ0v) is 11.2. The SMILES string of the molecule is Cc1[nH]c(=S)n2c1[C@@H]1C[C@]1(c1cc(F)cc(F)c1)C2. The van der Waals surface area contributed by atoms with Crippen molar-refractivity contribution in [2.24, 2.45) is 0 Å². The number of fused-ring (bicyclic) bond motifs is 3. The molecule has 2 nitrogen and oxygen atoms in total. The monoisotopic (exact) mass is 278 g/mol. The van der Waals surface area contributed by atoms with Gasteiger partial charge in [-0.3, -0.25) is 0 Å². The first-order chi connectivity index (χ1) is 9.01. The third-order valence-electron chi connectivity index (χ3n) is 4.50. The number of aryl methyl sites for hydroxylation is 1. The maximum atomic E-state index is 13.4. The maximum absolute atomic E-state index is 13.4. The summed E-state index contributed by atoms with van der Waals surface area (Å²) in [5, 5.41) is 0. The Hall–Kier alpha value is -1.49. The van der Waals surface area contributed by atoms with Gasteiger partial charge in [0.25, 0.3) is 0 Å². The summed E-state index contributed by atoms with van der Waals surface area (Å²) in [4.78, 5) is 3.16. The first kappa shape index (κ1) is 11.3. The van der Waals surface area contributed by atoms with Gasteiger partial charge in [0.15, 0.2) is 4.77 Å². The van der Waals surface area contributed by atoms with Crippen LogP contribution in [0, 0.1) is 23.3 Å². The lowest BCUT2D eigenvalue weighted by Gasteiger charge is -2.13. The van der Waals surface area contributed by atoms with Gasteiger partial charge in [-0.2, -0.15) is 0 Å². The van der Waals surface area contributed by atoms with E-state index >= 15 is 0 Å². The summed E-state index contributed by atoms with van der Waals surface area (Å²) in [6, 6.07) is 3.83. The zero-order chi connectivity index (χ0) is 13.4. The molecule has 5 heteroatoms. The number of nitrogens with one attached hydrogen (secondary N) is 1. The van der Waals surface area contributed by atoms with Crippen molar-refractivity contribution in [1.82, 2.24) is 9.55 Å². The van der Waals surface area contributed by atoms with Crippen molar-refractivity contribution in [1.29, 1.82) is 0 Å². The Morgan fingerprint density at radius 1 is 1.32 bits per heavy atom. The number of aromatic amines is 1. The standard InChI is InChI=1S/C14H12F2N2S/c1-7-12-11-5-14(11,6-18(12)13(19)17-7)8-2-9(15)4-10(16)3-8/h2-4,11H,5-6H2,1H3,(H,17,19)/t11-,14+/m0/s1. The van der Waals surface area contributed by atoms with Gasteiger partial charge in [-0.05, 0) is 43.3 Å². The molecule has 0 spiro atoms. The fourth-order valence-electron chi connectivity index (χ4n) is 3.58. The van der Waals surface area contributed by atoms with Gasteiger partial charge in [0.05, 0.1) is 0 Å². The highest BCUT2D eigenvalue weighted by Crippen LogP contribution is 2.66. The Labute approximate surface area is 114 Å². The molecule has 1 N–H and O–H groups in total. The maximum Gasteiger partial charge on any atom is 0.177 e. The van der Waals surface area contributed by atoms with E-state index in [1.807, 2.05) is 6.92 Å². The second-order valence-corrected chi connectivity index (χ2v) is 5.98. The summed E-state index contributed by atoms with van der Waals surface area (Å²) in [6.07, 6.45) is 0.948. The number of H-pyrrole nitrogens is 1. The van der Waals surface area contributed by atoms with Crippen LogP contribution < -0.4 is 0 Å². The Bertz CT molecular complexity index is 741. The summed E-state index contributed by atoms with van der Waals surface area (Å²) in [6.45, 7) is 2.72. The van der Waals surface area contributed by atoms with Crippen LogP contribution in [0.2, 0.25) is 0 Å². The normalized spacial score (nSPS) is 27.2. The minimum Gasteiger partial charge on any atom is -0.335 e. The fourth-order valence-corrected chi connectivity index (χ4v) is 3.90. The average Bonchev–Trinajstić information content (AvgIpc) is 2.83. The van der Waals surface area contributed by atoms with E-state index in [1.165, 1.54) is 17.8 Å². The minimum absolute atomic E-state index is 0.147. The molecule has 4 rings (SSSR count). The fraction of sp³-hybridized carbons (Fsp3) is 0.357. The molecule has 1 aliphatic carbocycles. The number of halogens is 2. The number of imidazole rings is 1. The molecular formula is C14H12F2N2S. The van der Waals surface area contributed by atoms with Crippen molar-refractivity contribution < 1.29 is 8.78 Å². The summed E-state index contributed by atoms with van der Waals surface area (Å²) >= 11 is 5.28. The molecule has 1 aromatic heterocycles. The number of nitrogens with zero attached hydrogens (tertiary/aromatic N) is 1. The Morgan fingerprint density at radius 3 is 2.63 bits per heavy atom. The van der Waals surface area contributed by atoms with Crippen molar-refractivity contribution in [3.8, 4) is 0 Å². The summed E-state index contributed by atoms with van der Waals surface area (Å²) < 4.78 is 29.6. The number of benzene rings is 1. The second kappa shape index (κ2) is 3.33. The number of aromatic nitrogens is 2. The van der Waals surface area contributed by atoms with Gasteiger partial charge in [-0.25, -0.2) is 8.78 Å². The van der Waals surface area contributed by atoms with Gasteiger partial charge >= 0.3 is 0 Å². The van der Waals surface area contributed by atoms with Crippen LogP contribution in [0.5, 0.6) is 0 Å². The van der Waals surface area contributed by atoms with E-state index in [0.717, 1.165) is 30.3 Å². The van der Waals surface area contributed by atoms with E-state index in [9.17, 15) is 8.78 Å². The molecule has 0 bridgehead atoms. The minimum atomic E-state index is -0.506. The van der Waals surface area contributed by atoms with Crippen LogP contribution in [0.4, 0.5) is 8.78 Å². The smallest absolute Gasteiger partial charge is 0.177 e. The first-order valence-electron chi connectivity index (χ1n) is 6.27. The van der Waals surface area contributed by atoms with E-state index in [-0.39, 0.29) is 5.41 Å². The Kier molecular flexibility index (Phi) is 1.99.